The molecule has 1 unspecified atom stereocenters. The number of halogens is 1. The Kier molecular flexibility index (Phi) is 4.31. The lowest BCUT2D eigenvalue weighted by Crippen LogP contribution is -2.28. The third kappa shape index (κ3) is 5.83. The van der Waals surface area contributed by atoms with E-state index in [4.69, 9.17) is 0 Å². The number of aliphatic hydroxyl groups is 1. The quantitative estimate of drug-likeness (QED) is 0.842. The molecule has 1 rings (SSSR count). The van der Waals surface area contributed by atoms with Crippen molar-refractivity contribution in [3.8, 4) is 0 Å². The Labute approximate surface area is 104 Å². The fourth-order valence-electron chi connectivity index (χ4n) is 1.77. The summed E-state index contributed by atoms with van der Waals surface area (Å²) in [5, 5.41) is 10.3. The Morgan fingerprint density at radius 3 is 2.00 bits per heavy atom. The molecular weight excluding hydrogens is 215 g/mol. The maximum Gasteiger partial charge on any atom is 0.123 e. The van der Waals surface area contributed by atoms with Gasteiger partial charge in [-0.2, -0.15) is 0 Å². The van der Waals surface area contributed by atoms with Gasteiger partial charge in [0.1, 0.15) is 5.82 Å². The van der Waals surface area contributed by atoms with Crippen LogP contribution in [0.15, 0.2) is 24.3 Å². The fourth-order valence-corrected chi connectivity index (χ4v) is 1.77. The molecule has 0 amide bonds. The van der Waals surface area contributed by atoms with Gasteiger partial charge in [-0.25, -0.2) is 4.39 Å². The molecule has 1 nitrogen and oxygen atoms in total. The minimum absolute atomic E-state index is 0.229. The predicted molar refractivity (Wildman–Crippen MR) is 69.4 cm³/mol. The van der Waals surface area contributed by atoms with Crippen molar-refractivity contribution in [3.05, 3.63) is 35.6 Å². The second kappa shape index (κ2) is 5.18. The second-order valence-corrected chi connectivity index (χ2v) is 6.36. The number of rotatable bonds is 4. The maximum atomic E-state index is 12.8. The molecule has 0 radical (unpaired) electrons. The first kappa shape index (κ1) is 14.2. The largest absolute Gasteiger partial charge is 0.390 e. The maximum absolute atomic E-state index is 12.8. The number of hydrogen-bond acceptors (Lipinski definition) is 1. The lowest BCUT2D eigenvalue weighted by molar-refractivity contribution is 0.0396. The van der Waals surface area contributed by atoms with Crippen molar-refractivity contribution in [2.45, 2.75) is 52.6 Å². The summed E-state index contributed by atoms with van der Waals surface area (Å²) in [4.78, 5) is 0. The molecule has 0 bridgehead atoms. The van der Waals surface area contributed by atoms with Gasteiger partial charge in [0, 0.05) is 6.42 Å². The van der Waals surface area contributed by atoms with E-state index >= 15 is 0 Å². The summed E-state index contributed by atoms with van der Waals surface area (Å²) in [5.74, 6) is -0.233. The molecule has 0 heterocycles. The average Bonchev–Trinajstić information content (AvgIpc) is 2.18. The zero-order valence-electron chi connectivity index (χ0n) is 11.3. The van der Waals surface area contributed by atoms with Crippen molar-refractivity contribution in [3.63, 3.8) is 0 Å². The van der Waals surface area contributed by atoms with Crippen molar-refractivity contribution in [1.82, 2.24) is 0 Å². The summed E-state index contributed by atoms with van der Waals surface area (Å²) < 4.78 is 12.8. The van der Waals surface area contributed by atoms with E-state index < -0.39 is 5.60 Å². The molecule has 0 saturated heterocycles. The van der Waals surface area contributed by atoms with Crippen LogP contribution in [0.4, 0.5) is 4.39 Å². The SMILES string of the molecule is CC(C)(C)CCC(C)(O)Cc1ccc(F)cc1. The first-order valence-electron chi connectivity index (χ1n) is 6.15. The molecule has 0 aliphatic heterocycles. The summed E-state index contributed by atoms with van der Waals surface area (Å²) in [7, 11) is 0. The van der Waals surface area contributed by atoms with Crippen molar-refractivity contribution >= 4 is 0 Å². The predicted octanol–water partition coefficient (Wildman–Crippen LogP) is 3.95. The summed E-state index contributed by atoms with van der Waals surface area (Å²) in [6.45, 7) is 8.35. The summed E-state index contributed by atoms with van der Waals surface area (Å²) in [6.07, 6.45) is 2.30. The van der Waals surface area contributed by atoms with Crippen molar-refractivity contribution in [1.29, 1.82) is 0 Å². The van der Waals surface area contributed by atoms with Gasteiger partial charge in [-0.15, -0.1) is 0 Å². The molecule has 1 atom stereocenters. The van der Waals surface area contributed by atoms with Gasteiger partial charge < -0.3 is 5.11 Å². The van der Waals surface area contributed by atoms with Gasteiger partial charge in [0.05, 0.1) is 5.60 Å². The molecule has 0 aliphatic rings. The lowest BCUT2D eigenvalue weighted by atomic mass is 9.83. The topological polar surface area (TPSA) is 20.2 Å². The normalized spacial score (nSPS) is 15.6. The van der Waals surface area contributed by atoms with E-state index in [1.807, 2.05) is 6.92 Å². The van der Waals surface area contributed by atoms with E-state index in [2.05, 4.69) is 20.8 Å². The van der Waals surface area contributed by atoms with Crippen LogP contribution >= 0.6 is 0 Å². The Morgan fingerprint density at radius 1 is 1.00 bits per heavy atom. The summed E-state index contributed by atoms with van der Waals surface area (Å²) in [6, 6.07) is 6.35. The van der Waals surface area contributed by atoms with Crippen molar-refractivity contribution in [2.75, 3.05) is 0 Å². The second-order valence-electron chi connectivity index (χ2n) is 6.36. The molecule has 1 aromatic rings. The van der Waals surface area contributed by atoms with Crippen LogP contribution in [-0.4, -0.2) is 10.7 Å². The zero-order chi connectivity index (χ0) is 13.1. The van der Waals surface area contributed by atoms with Gasteiger partial charge in [-0.1, -0.05) is 32.9 Å². The van der Waals surface area contributed by atoms with Gasteiger partial charge in [-0.3, -0.25) is 0 Å². The Balaban J connectivity index is 2.57. The van der Waals surface area contributed by atoms with Crippen LogP contribution < -0.4 is 0 Å². The Bertz CT molecular complexity index is 346. The van der Waals surface area contributed by atoms with E-state index in [0.29, 0.717) is 6.42 Å². The smallest absolute Gasteiger partial charge is 0.123 e. The first-order chi connectivity index (χ1) is 7.68. The molecule has 0 aromatic heterocycles. The van der Waals surface area contributed by atoms with E-state index in [1.54, 1.807) is 12.1 Å². The van der Waals surface area contributed by atoms with E-state index in [1.165, 1.54) is 12.1 Å². The Hall–Kier alpha value is -0.890. The third-order valence-electron chi connectivity index (χ3n) is 2.91. The van der Waals surface area contributed by atoms with E-state index in [0.717, 1.165) is 18.4 Å². The van der Waals surface area contributed by atoms with Crippen LogP contribution in [0.3, 0.4) is 0 Å². The molecule has 96 valence electrons. The monoisotopic (exact) mass is 238 g/mol. The van der Waals surface area contributed by atoms with Crippen LogP contribution in [0, 0.1) is 11.2 Å². The highest BCUT2D eigenvalue weighted by Crippen LogP contribution is 2.27. The summed E-state index contributed by atoms with van der Waals surface area (Å²) in [5.41, 5.74) is 0.489. The first-order valence-corrected chi connectivity index (χ1v) is 6.15. The zero-order valence-corrected chi connectivity index (χ0v) is 11.3. The molecule has 1 N–H and O–H groups in total. The van der Waals surface area contributed by atoms with Crippen molar-refractivity contribution < 1.29 is 9.50 Å². The minimum atomic E-state index is -0.717. The summed E-state index contributed by atoms with van der Waals surface area (Å²) >= 11 is 0. The van der Waals surface area contributed by atoms with Gasteiger partial charge in [0.25, 0.3) is 0 Å². The van der Waals surface area contributed by atoms with Crippen LogP contribution in [-0.2, 0) is 6.42 Å². The van der Waals surface area contributed by atoms with E-state index in [-0.39, 0.29) is 11.2 Å². The standard InChI is InChI=1S/C15H23FO/c1-14(2,3)9-10-15(4,17)11-12-5-7-13(16)8-6-12/h5-8,17H,9-11H2,1-4H3. The molecule has 0 aliphatic carbocycles. The van der Waals surface area contributed by atoms with E-state index in [9.17, 15) is 9.50 Å². The van der Waals surface area contributed by atoms with Crippen molar-refractivity contribution in [2.24, 2.45) is 5.41 Å². The molecule has 0 spiro atoms. The highest BCUT2D eigenvalue weighted by Gasteiger charge is 2.23. The van der Waals surface area contributed by atoms with Crippen LogP contribution in [0.1, 0.15) is 46.1 Å². The van der Waals surface area contributed by atoms with Gasteiger partial charge >= 0.3 is 0 Å². The third-order valence-corrected chi connectivity index (χ3v) is 2.91. The number of benzene rings is 1. The number of hydrogen-bond donors (Lipinski definition) is 1. The minimum Gasteiger partial charge on any atom is -0.390 e. The highest BCUT2D eigenvalue weighted by atomic mass is 19.1. The van der Waals surface area contributed by atoms with Crippen LogP contribution in [0.25, 0.3) is 0 Å². The highest BCUT2D eigenvalue weighted by molar-refractivity contribution is 5.17. The molecular formula is C15H23FO. The average molecular weight is 238 g/mol. The van der Waals surface area contributed by atoms with Gasteiger partial charge in [0.15, 0.2) is 0 Å². The Morgan fingerprint density at radius 2 is 1.53 bits per heavy atom. The molecule has 2 heteroatoms. The molecule has 0 saturated carbocycles. The van der Waals surface area contributed by atoms with Gasteiger partial charge in [-0.05, 0) is 42.9 Å². The molecule has 0 fully saturated rings. The molecule has 1 aromatic carbocycles. The molecule has 17 heavy (non-hydrogen) atoms. The lowest BCUT2D eigenvalue weighted by Gasteiger charge is -2.28. The fraction of sp³-hybridized carbons (Fsp3) is 0.600. The van der Waals surface area contributed by atoms with Crippen LogP contribution in [0.5, 0.6) is 0 Å². The van der Waals surface area contributed by atoms with Gasteiger partial charge in [0.2, 0.25) is 0 Å². The van der Waals surface area contributed by atoms with Crippen LogP contribution in [0.2, 0.25) is 0 Å².